The molecule has 0 atom stereocenters. The first-order valence-electron chi connectivity index (χ1n) is 5.87. The molecule has 1 aromatic carbocycles. The van der Waals surface area contributed by atoms with Crippen LogP contribution < -0.4 is 5.32 Å². The highest BCUT2D eigenvalue weighted by molar-refractivity contribution is 8.00. The van der Waals surface area contributed by atoms with E-state index in [0.717, 1.165) is 11.8 Å². The highest BCUT2D eigenvalue weighted by Crippen LogP contribution is 2.05. The molecule has 7 heteroatoms. The molecule has 2 amide bonds. The molecule has 0 aliphatic heterocycles. The average molecular weight is 296 g/mol. The van der Waals surface area contributed by atoms with Crippen LogP contribution in [0.4, 0.5) is 5.69 Å². The molecule has 2 N–H and O–H groups in total. The fourth-order valence-electron chi connectivity index (χ4n) is 1.36. The molecule has 0 saturated heterocycles. The second-order valence-corrected chi connectivity index (χ2v) is 5.04. The van der Waals surface area contributed by atoms with Gasteiger partial charge in [-0.05, 0) is 12.1 Å². The Morgan fingerprint density at radius 1 is 1.20 bits per heavy atom. The van der Waals surface area contributed by atoms with Gasteiger partial charge in [0.25, 0.3) is 0 Å². The first kappa shape index (κ1) is 16.0. The van der Waals surface area contributed by atoms with E-state index < -0.39 is 5.97 Å². The quantitative estimate of drug-likeness (QED) is 0.780. The molecule has 0 aliphatic rings. The Bertz CT molecular complexity index is 479. The van der Waals surface area contributed by atoms with E-state index in [1.54, 1.807) is 24.3 Å². The lowest BCUT2D eigenvalue weighted by Crippen LogP contribution is -2.36. The summed E-state index contributed by atoms with van der Waals surface area (Å²) in [4.78, 5) is 34.9. The van der Waals surface area contributed by atoms with Crippen molar-refractivity contribution in [2.75, 3.05) is 30.4 Å². The summed E-state index contributed by atoms with van der Waals surface area (Å²) in [7, 11) is 1.51. The Balaban J connectivity index is 2.33. The zero-order valence-corrected chi connectivity index (χ0v) is 11.9. The van der Waals surface area contributed by atoms with E-state index in [2.05, 4.69) is 5.32 Å². The van der Waals surface area contributed by atoms with Gasteiger partial charge in [-0.2, -0.15) is 0 Å². The van der Waals surface area contributed by atoms with E-state index in [9.17, 15) is 14.4 Å². The summed E-state index contributed by atoms with van der Waals surface area (Å²) in [5, 5.41) is 11.1. The van der Waals surface area contributed by atoms with Crippen molar-refractivity contribution in [1.29, 1.82) is 0 Å². The number of carbonyl (C=O) groups excluding carboxylic acids is 2. The van der Waals surface area contributed by atoms with Crippen LogP contribution in [0, 0.1) is 0 Å². The molecule has 0 fully saturated rings. The zero-order chi connectivity index (χ0) is 15.0. The van der Waals surface area contributed by atoms with Gasteiger partial charge in [-0.25, -0.2) is 0 Å². The van der Waals surface area contributed by atoms with E-state index >= 15 is 0 Å². The molecule has 0 spiro atoms. The number of hydrogen-bond donors (Lipinski definition) is 2. The van der Waals surface area contributed by atoms with E-state index in [4.69, 9.17) is 5.11 Å². The van der Waals surface area contributed by atoms with Crippen molar-refractivity contribution in [3.8, 4) is 0 Å². The molecule has 20 heavy (non-hydrogen) atoms. The van der Waals surface area contributed by atoms with Crippen molar-refractivity contribution >= 4 is 35.2 Å². The summed E-state index contributed by atoms with van der Waals surface area (Å²) < 4.78 is 0. The van der Waals surface area contributed by atoms with Gasteiger partial charge in [-0.15, -0.1) is 11.8 Å². The van der Waals surface area contributed by atoms with Crippen LogP contribution in [0.5, 0.6) is 0 Å². The molecule has 0 heterocycles. The molecule has 6 nitrogen and oxygen atoms in total. The molecular weight excluding hydrogens is 280 g/mol. The van der Waals surface area contributed by atoms with Crippen molar-refractivity contribution in [2.45, 2.75) is 0 Å². The minimum absolute atomic E-state index is 0.0431. The Labute approximate surface area is 121 Å². The van der Waals surface area contributed by atoms with Gasteiger partial charge in [-0.3, -0.25) is 14.4 Å². The number of benzene rings is 1. The lowest BCUT2D eigenvalue weighted by Gasteiger charge is -2.16. The summed E-state index contributed by atoms with van der Waals surface area (Å²) in [5.41, 5.74) is 0.665. The number of rotatable bonds is 7. The molecule has 108 valence electrons. The molecule has 0 bridgehead atoms. The topological polar surface area (TPSA) is 86.7 Å². The second kappa shape index (κ2) is 8.21. The second-order valence-electron chi connectivity index (χ2n) is 4.05. The lowest BCUT2D eigenvalue weighted by atomic mass is 10.3. The lowest BCUT2D eigenvalue weighted by molar-refractivity contribution is -0.133. The third kappa shape index (κ3) is 6.24. The van der Waals surface area contributed by atoms with Gasteiger partial charge < -0.3 is 15.3 Å². The number of anilines is 1. The molecule has 0 aliphatic carbocycles. The van der Waals surface area contributed by atoms with Crippen LogP contribution >= 0.6 is 11.8 Å². The predicted octanol–water partition coefficient (Wildman–Crippen LogP) is 0.901. The number of carbonyl (C=O) groups is 3. The molecule has 0 unspecified atom stereocenters. The highest BCUT2D eigenvalue weighted by Gasteiger charge is 2.13. The summed E-state index contributed by atoms with van der Waals surface area (Å²) >= 11 is 1.01. The Hall–Kier alpha value is -2.02. The first-order chi connectivity index (χ1) is 9.49. The molecule has 0 saturated carbocycles. The van der Waals surface area contributed by atoms with Gasteiger partial charge in [0, 0.05) is 12.7 Å². The molecule has 0 aromatic heterocycles. The van der Waals surface area contributed by atoms with Gasteiger partial charge in [0.1, 0.15) is 0 Å². The number of amides is 2. The molecule has 0 radical (unpaired) electrons. The largest absolute Gasteiger partial charge is 0.481 e. The van der Waals surface area contributed by atoms with Gasteiger partial charge in [0.05, 0.1) is 18.1 Å². The van der Waals surface area contributed by atoms with Crippen molar-refractivity contribution < 1.29 is 19.5 Å². The zero-order valence-electron chi connectivity index (χ0n) is 11.0. The van der Waals surface area contributed by atoms with Crippen LogP contribution in [-0.2, 0) is 14.4 Å². The standard InChI is InChI=1S/C13H16N2O4S/c1-15(12(17)8-20-9-13(18)19)7-11(16)14-10-5-3-2-4-6-10/h2-6H,7-9H2,1H3,(H,14,16)(H,18,19). The van der Waals surface area contributed by atoms with Gasteiger partial charge >= 0.3 is 5.97 Å². The van der Waals surface area contributed by atoms with Crippen LogP contribution in [0.25, 0.3) is 0 Å². The fourth-order valence-corrected chi connectivity index (χ4v) is 2.03. The first-order valence-corrected chi connectivity index (χ1v) is 7.03. The van der Waals surface area contributed by atoms with E-state index in [1.165, 1.54) is 11.9 Å². The van der Waals surface area contributed by atoms with Crippen LogP contribution in [0.1, 0.15) is 0 Å². The number of carboxylic acid groups (broad SMARTS) is 1. The summed E-state index contributed by atoms with van der Waals surface area (Å²) in [5.74, 6) is -1.63. The average Bonchev–Trinajstić information content (AvgIpc) is 2.39. The van der Waals surface area contributed by atoms with E-state index in [0.29, 0.717) is 5.69 Å². The maximum atomic E-state index is 11.7. The molecule has 1 rings (SSSR count). The number of hydrogen-bond acceptors (Lipinski definition) is 4. The van der Waals surface area contributed by atoms with Crippen molar-refractivity contribution in [3.05, 3.63) is 30.3 Å². The number of aliphatic carboxylic acids is 1. The summed E-state index contributed by atoms with van der Waals surface area (Å²) in [6.45, 7) is -0.0681. The number of carboxylic acids is 1. The van der Waals surface area contributed by atoms with Crippen molar-refractivity contribution in [1.82, 2.24) is 4.90 Å². The maximum Gasteiger partial charge on any atom is 0.313 e. The number of para-hydroxylation sites is 1. The van der Waals surface area contributed by atoms with Gasteiger partial charge in [0.2, 0.25) is 11.8 Å². The summed E-state index contributed by atoms with van der Waals surface area (Å²) in [6, 6.07) is 8.94. The number of thioether (sulfide) groups is 1. The number of likely N-dealkylation sites (N-methyl/N-ethyl adjacent to an activating group) is 1. The van der Waals surface area contributed by atoms with Crippen LogP contribution in [0.15, 0.2) is 30.3 Å². The number of nitrogens with one attached hydrogen (secondary N) is 1. The van der Waals surface area contributed by atoms with Crippen LogP contribution in [0.2, 0.25) is 0 Å². The van der Waals surface area contributed by atoms with Gasteiger partial charge in [-0.1, -0.05) is 18.2 Å². The predicted molar refractivity (Wildman–Crippen MR) is 77.7 cm³/mol. The smallest absolute Gasteiger partial charge is 0.313 e. The Morgan fingerprint density at radius 3 is 2.45 bits per heavy atom. The minimum Gasteiger partial charge on any atom is -0.481 e. The fraction of sp³-hybridized carbons (Fsp3) is 0.308. The Morgan fingerprint density at radius 2 is 1.85 bits per heavy atom. The van der Waals surface area contributed by atoms with E-state index in [1.807, 2.05) is 6.07 Å². The van der Waals surface area contributed by atoms with Crippen molar-refractivity contribution in [3.63, 3.8) is 0 Å². The SMILES string of the molecule is CN(CC(=O)Nc1ccccc1)C(=O)CSCC(=O)O. The third-order valence-electron chi connectivity index (χ3n) is 2.32. The van der Waals surface area contributed by atoms with Crippen LogP contribution in [0.3, 0.4) is 0 Å². The normalized spacial score (nSPS) is 9.85. The summed E-state index contributed by atoms with van der Waals surface area (Å²) in [6.07, 6.45) is 0. The van der Waals surface area contributed by atoms with Crippen LogP contribution in [-0.4, -0.2) is 52.9 Å². The molecular formula is C13H16N2O4S. The van der Waals surface area contributed by atoms with E-state index in [-0.39, 0.29) is 29.9 Å². The minimum atomic E-state index is -0.965. The van der Waals surface area contributed by atoms with Gasteiger partial charge in [0.15, 0.2) is 0 Å². The maximum absolute atomic E-state index is 11.7. The Kier molecular flexibility index (Phi) is 6.58. The number of nitrogens with zero attached hydrogens (tertiary/aromatic N) is 1. The third-order valence-corrected chi connectivity index (χ3v) is 3.22. The molecule has 1 aromatic rings. The monoisotopic (exact) mass is 296 g/mol. The van der Waals surface area contributed by atoms with Crippen molar-refractivity contribution in [2.24, 2.45) is 0 Å². The highest BCUT2D eigenvalue weighted by atomic mass is 32.2.